The minimum atomic E-state index is -4.59. The Morgan fingerprint density at radius 3 is 2.50 bits per heavy atom. The number of hydrogen-bond donors (Lipinski definition) is 0. The van der Waals surface area contributed by atoms with Gasteiger partial charge in [-0.2, -0.15) is 13.2 Å². The number of hydrogen-bond acceptors (Lipinski definition) is 3. The Balaban J connectivity index is 1.73. The highest BCUT2D eigenvalue weighted by Crippen LogP contribution is 2.44. The van der Waals surface area contributed by atoms with E-state index in [0.29, 0.717) is 24.6 Å². The second-order valence-corrected chi connectivity index (χ2v) is 9.43. The lowest BCUT2D eigenvalue weighted by Gasteiger charge is -2.15. The molecule has 0 atom stereocenters. The number of rotatable bonds is 5. The average molecular weight is 433 g/mol. The summed E-state index contributed by atoms with van der Waals surface area (Å²) >= 11 is 1.69. The molecule has 158 valence electrons. The number of alkyl halides is 3. The minimum Gasteiger partial charge on any atom is -0.323 e. The van der Waals surface area contributed by atoms with E-state index in [0.717, 1.165) is 26.8 Å². The van der Waals surface area contributed by atoms with Crippen molar-refractivity contribution in [3.8, 4) is 11.4 Å². The molecule has 2 aliphatic carbocycles. The van der Waals surface area contributed by atoms with E-state index in [1.54, 1.807) is 23.4 Å². The third-order valence-electron chi connectivity index (χ3n) is 5.87. The van der Waals surface area contributed by atoms with Gasteiger partial charge < -0.3 is 4.57 Å². The van der Waals surface area contributed by atoms with Gasteiger partial charge in [-0.05, 0) is 61.1 Å². The Bertz CT molecular complexity index is 1200. The SMILES string of the molecule is CCSc1cc(C2CC2)ccc1-c1nc2cc(C(F)(F)F)n(C3CC3)c(=O)c2n1C. The molecule has 4 nitrogen and oxygen atoms in total. The van der Waals surface area contributed by atoms with Crippen LogP contribution >= 0.6 is 11.8 Å². The molecule has 2 aliphatic rings. The number of aromatic nitrogens is 3. The molecule has 0 saturated heterocycles. The second kappa shape index (κ2) is 6.90. The number of thioether (sulfide) groups is 1. The molecule has 0 unspecified atom stereocenters. The zero-order valence-corrected chi connectivity index (χ0v) is 17.6. The lowest BCUT2D eigenvalue weighted by Crippen LogP contribution is -2.28. The van der Waals surface area contributed by atoms with E-state index >= 15 is 0 Å². The van der Waals surface area contributed by atoms with Crippen LogP contribution in [0.25, 0.3) is 22.4 Å². The van der Waals surface area contributed by atoms with E-state index in [2.05, 4.69) is 24.0 Å². The van der Waals surface area contributed by atoms with Crippen molar-refractivity contribution < 1.29 is 13.2 Å². The summed E-state index contributed by atoms with van der Waals surface area (Å²) < 4.78 is 43.6. The first kappa shape index (κ1) is 19.7. The topological polar surface area (TPSA) is 39.8 Å². The summed E-state index contributed by atoms with van der Waals surface area (Å²) in [6, 6.07) is 6.90. The molecule has 2 heterocycles. The molecular weight excluding hydrogens is 411 g/mol. The maximum atomic E-state index is 13.7. The van der Waals surface area contributed by atoms with Gasteiger partial charge in [0.05, 0.1) is 5.52 Å². The van der Waals surface area contributed by atoms with Crippen molar-refractivity contribution in [3.05, 3.63) is 45.9 Å². The monoisotopic (exact) mass is 433 g/mol. The quantitative estimate of drug-likeness (QED) is 0.482. The van der Waals surface area contributed by atoms with Gasteiger partial charge in [-0.1, -0.05) is 13.0 Å². The van der Waals surface area contributed by atoms with Gasteiger partial charge in [0, 0.05) is 23.5 Å². The highest BCUT2D eigenvalue weighted by atomic mass is 32.2. The van der Waals surface area contributed by atoms with Crippen LogP contribution in [0.5, 0.6) is 0 Å². The number of pyridine rings is 1. The van der Waals surface area contributed by atoms with Crippen molar-refractivity contribution in [1.29, 1.82) is 0 Å². The number of nitrogens with zero attached hydrogens (tertiary/aromatic N) is 3. The van der Waals surface area contributed by atoms with E-state index < -0.39 is 17.4 Å². The smallest absolute Gasteiger partial charge is 0.323 e. The predicted octanol–water partition coefficient (Wildman–Crippen LogP) is 5.75. The summed E-state index contributed by atoms with van der Waals surface area (Å²) in [5.74, 6) is 2.01. The molecule has 0 N–H and O–H groups in total. The Hall–Kier alpha value is -2.22. The van der Waals surface area contributed by atoms with Crippen LogP contribution in [0.3, 0.4) is 0 Å². The number of fused-ring (bicyclic) bond motifs is 1. The fourth-order valence-corrected chi connectivity index (χ4v) is 4.96. The molecule has 2 saturated carbocycles. The predicted molar refractivity (Wildman–Crippen MR) is 112 cm³/mol. The molecule has 3 aromatic rings. The molecule has 5 rings (SSSR count). The van der Waals surface area contributed by atoms with Gasteiger partial charge in [-0.3, -0.25) is 9.36 Å². The maximum absolute atomic E-state index is 13.7. The van der Waals surface area contributed by atoms with Crippen molar-refractivity contribution in [2.45, 2.75) is 55.6 Å². The Morgan fingerprint density at radius 2 is 1.90 bits per heavy atom. The summed E-state index contributed by atoms with van der Waals surface area (Å²) in [5, 5.41) is 0. The summed E-state index contributed by atoms with van der Waals surface area (Å²) in [7, 11) is 1.71. The summed E-state index contributed by atoms with van der Waals surface area (Å²) in [6.07, 6.45) is -1.01. The van der Waals surface area contributed by atoms with E-state index in [4.69, 9.17) is 0 Å². The summed E-state index contributed by atoms with van der Waals surface area (Å²) in [5.41, 5.74) is 0.964. The molecule has 0 aliphatic heterocycles. The van der Waals surface area contributed by atoms with Crippen LogP contribution < -0.4 is 5.56 Å². The van der Waals surface area contributed by atoms with Gasteiger partial charge in [0.1, 0.15) is 17.0 Å². The van der Waals surface area contributed by atoms with Crippen molar-refractivity contribution >= 4 is 22.8 Å². The van der Waals surface area contributed by atoms with Crippen LogP contribution in [0.15, 0.2) is 34.0 Å². The first-order valence-corrected chi connectivity index (χ1v) is 11.2. The van der Waals surface area contributed by atoms with Gasteiger partial charge >= 0.3 is 6.18 Å². The van der Waals surface area contributed by atoms with E-state index in [1.807, 2.05) is 6.07 Å². The van der Waals surface area contributed by atoms with Gasteiger partial charge in [0.2, 0.25) is 0 Å². The number of imidazole rings is 1. The van der Waals surface area contributed by atoms with E-state index in [9.17, 15) is 18.0 Å². The Kier molecular flexibility index (Phi) is 4.54. The van der Waals surface area contributed by atoms with E-state index in [1.165, 1.54) is 18.4 Å². The van der Waals surface area contributed by atoms with Gasteiger partial charge in [0.15, 0.2) is 0 Å². The van der Waals surface area contributed by atoms with Crippen molar-refractivity contribution in [2.75, 3.05) is 5.75 Å². The number of halogens is 3. The molecular formula is C22H22F3N3OS. The van der Waals surface area contributed by atoms with Crippen LogP contribution in [0.4, 0.5) is 13.2 Å². The zero-order chi connectivity index (χ0) is 21.2. The van der Waals surface area contributed by atoms with Crippen LogP contribution in [0, 0.1) is 0 Å². The van der Waals surface area contributed by atoms with Crippen LogP contribution in [0.1, 0.15) is 55.8 Å². The number of benzene rings is 1. The Morgan fingerprint density at radius 1 is 1.17 bits per heavy atom. The van der Waals surface area contributed by atoms with Crippen molar-refractivity contribution in [1.82, 2.24) is 14.1 Å². The highest BCUT2D eigenvalue weighted by molar-refractivity contribution is 7.99. The first-order valence-electron chi connectivity index (χ1n) is 10.3. The summed E-state index contributed by atoms with van der Waals surface area (Å²) in [4.78, 5) is 18.7. The fraction of sp³-hybridized carbons (Fsp3) is 0.455. The molecule has 30 heavy (non-hydrogen) atoms. The third kappa shape index (κ3) is 3.25. The zero-order valence-electron chi connectivity index (χ0n) is 16.8. The lowest BCUT2D eigenvalue weighted by molar-refractivity contribution is -0.144. The molecule has 2 fully saturated rings. The van der Waals surface area contributed by atoms with Gasteiger partial charge in [-0.15, -0.1) is 11.8 Å². The molecule has 0 bridgehead atoms. The second-order valence-electron chi connectivity index (χ2n) is 8.12. The third-order valence-corrected chi connectivity index (χ3v) is 6.81. The fourth-order valence-electron chi connectivity index (χ4n) is 4.12. The van der Waals surface area contributed by atoms with Crippen LogP contribution in [-0.2, 0) is 13.2 Å². The van der Waals surface area contributed by atoms with E-state index in [-0.39, 0.29) is 17.1 Å². The van der Waals surface area contributed by atoms with Crippen molar-refractivity contribution in [3.63, 3.8) is 0 Å². The first-order chi connectivity index (χ1) is 14.3. The van der Waals surface area contributed by atoms with Crippen molar-refractivity contribution in [2.24, 2.45) is 7.05 Å². The van der Waals surface area contributed by atoms with Gasteiger partial charge in [-0.25, -0.2) is 4.98 Å². The Labute approximate surface area is 176 Å². The van der Waals surface area contributed by atoms with Crippen LogP contribution in [0.2, 0.25) is 0 Å². The molecule has 0 amide bonds. The molecule has 2 aromatic heterocycles. The highest BCUT2D eigenvalue weighted by Gasteiger charge is 2.40. The number of aryl methyl sites for hydroxylation is 1. The summed E-state index contributed by atoms with van der Waals surface area (Å²) in [6.45, 7) is 2.07. The van der Waals surface area contributed by atoms with Gasteiger partial charge in [0.25, 0.3) is 5.56 Å². The molecule has 0 spiro atoms. The normalized spacial score (nSPS) is 17.1. The minimum absolute atomic E-state index is 0.0976. The van der Waals surface area contributed by atoms with Crippen LogP contribution in [-0.4, -0.2) is 19.9 Å². The molecule has 0 radical (unpaired) electrons. The lowest BCUT2D eigenvalue weighted by atomic mass is 10.1. The molecule has 1 aromatic carbocycles. The average Bonchev–Trinajstić information content (AvgIpc) is 3.59. The standard InChI is InChI=1S/C22H22F3N3OS/c1-3-30-17-10-13(12-4-5-12)6-9-15(17)20-26-16-11-18(22(23,24)25)28(14-7-8-14)21(29)19(16)27(20)2/h6,9-12,14H,3-5,7-8H2,1-2H3. The molecule has 8 heteroatoms. The maximum Gasteiger partial charge on any atom is 0.431 e. The largest absolute Gasteiger partial charge is 0.431 e.